The first-order chi connectivity index (χ1) is 13.6. The van der Waals surface area contributed by atoms with Crippen molar-refractivity contribution in [3.63, 3.8) is 0 Å². The molecule has 136 valence electrons. The minimum Gasteiger partial charge on any atom is -0.341 e. The summed E-state index contributed by atoms with van der Waals surface area (Å²) in [6, 6.07) is 19.7. The monoisotopic (exact) mass is 385 g/mol. The van der Waals surface area contributed by atoms with Gasteiger partial charge in [-0.25, -0.2) is 4.98 Å². The molecule has 0 aliphatic rings. The number of para-hydroxylation sites is 2. The first-order valence-corrected chi connectivity index (χ1v) is 9.24. The number of halogens is 1. The lowest BCUT2D eigenvalue weighted by molar-refractivity contribution is 0.975. The molecule has 0 amide bonds. The van der Waals surface area contributed by atoms with E-state index in [0.29, 0.717) is 29.1 Å². The number of aromatic nitrogens is 2. The van der Waals surface area contributed by atoms with Gasteiger partial charge >= 0.3 is 0 Å². The first-order valence-electron chi connectivity index (χ1n) is 8.86. The third kappa shape index (κ3) is 2.93. The molecule has 2 aromatic heterocycles. The number of hydrogen-bond acceptors (Lipinski definition) is 4. The standard InChI is InChI=1S/C22H16ClN5/c1-14-17(5-4-12-24)21(26-16-10-8-15(23)9-11-16)28-20-7-3-2-6-19(20)27-22(28)18(14)13-25/h2-3,6-11,26H,4-5H2,1H3. The zero-order valence-electron chi connectivity index (χ0n) is 15.2. The fourth-order valence-electron chi connectivity index (χ4n) is 3.47. The molecule has 0 radical (unpaired) electrons. The summed E-state index contributed by atoms with van der Waals surface area (Å²) >= 11 is 6.02. The highest BCUT2D eigenvalue weighted by molar-refractivity contribution is 6.30. The van der Waals surface area contributed by atoms with Crippen LogP contribution >= 0.6 is 11.6 Å². The van der Waals surface area contributed by atoms with Gasteiger partial charge in [0.05, 0.1) is 22.7 Å². The molecule has 2 aromatic carbocycles. The number of rotatable bonds is 4. The molecule has 0 unspecified atom stereocenters. The van der Waals surface area contributed by atoms with Crippen LogP contribution in [0.4, 0.5) is 11.5 Å². The number of anilines is 2. The molecule has 6 heteroatoms. The Balaban J connectivity index is 2.07. The Labute approximate surface area is 167 Å². The van der Waals surface area contributed by atoms with Gasteiger partial charge in [-0.1, -0.05) is 23.7 Å². The second-order valence-electron chi connectivity index (χ2n) is 6.49. The summed E-state index contributed by atoms with van der Waals surface area (Å²) in [6.07, 6.45) is 0.897. The van der Waals surface area contributed by atoms with Crippen LogP contribution in [-0.4, -0.2) is 9.38 Å². The minimum atomic E-state index is 0.360. The predicted molar refractivity (Wildman–Crippen MR) is 111 cm³/mol. The third-order valence-electron chi connectivity index (χ3n) is 4.83. The van der Waals surface area contributed by atoms with Crippen molar-refractivity contribution >= 4 is 39.8 Å². The van der Waals surface area contributed by atoms with Crippen molar-refractivity contribution < 1.29 is 0 Å². The number of hydrogen-bond donors (Lipinski definition) is 1. The van der Waals surface area contributed by atoms with Crippen LogP contribution in [0.15, 0.2) is 48.5 Å². The molecule has 0 saturated heterocycles. The molecule has 0 aliphatic carbocycles. The van der Waals surface area contributed by atoms with Crippen LogP contribution in [0.2, 0.25) is 5.02 Å². The molecule has 28 heavy (non-hydrogen) atoms. The summed E-state index contributed by atoms with van der Waals surface area (Å²) < 4.78 is 1.97. The third-order valence-corrected chi connectivity index (χ3v) is 5.08. The van der Waals surface area contributed by atoms with Gasteiger partial charge in [0.1, 0.15) is 11.9 Å². The van der Waals surface area contributed by atoms with Gasteiger partial charge in [0, 0.05) is 17.1 Å². The molecule has 0 atom stereocenters. The first kappa shape index (κ1) is 17.9. The predicted octanol–water partition coefficient (Wildman–Crippen LogP) is 5.52. The topological polar surface area (TPSA) is 76.9 Å². The molecule has 5 nitrogen and oxygen atoms in total. The fourth-order valence-corrected chi connectivity index (χ4v) is 3.60. The van der Waals surface area contributed by atoms with Crippen LogP contribution in [0.3, 0.4) is 0 Å². The number of pyridine rings is 1. The van der Waals surface area contributed by atoms with Gasteiger partial charge in [-0.05, 0) is 60.9 Å². The highest BCUT2D eigenvalue weighted by Crippen LogP contribution is 2.33. The van der Waals surface area contributed by atoms with Gasteiger partial charge < -0.3 is 5.32 Å². The van der Waals surface area contributed by atoms with E-state index in [9.17, 15) is 5.26 Å². The van der Waals surface area contributed by atoms with Gasteiger partial charge in [0.25, 0.3) is 0 Å². The number of fused-ring (bicyclic) bond motifs is 3. The summed E-state index contributed by atoms with van der Waals surface area (Å²) in [5, 5.41) is 23.1. The Morgan fingerprint density at radius 2 is 1.86 bits per heavy atom. The Kier molecular flexibility index (Phi) is 4.61. The fraction of sp³-hybridized carbons (Fsp3) is 0.136. The van der Waals surface area contributed by atoms with Crippen molar-refractivity contribution in [1.29, 1.82) is 10.5 Å². The normalized spacial score (nSPS) is 10.7. The molecule has 0 fully saturated rings. The second kappa shape index (κ2) is 7.23. The lowest BCUT2D eigenvalue weighted by Crippen LogP contribution is -2.08. The highest BCUT2D eigenvalue weighted by Gasteiger charge is 2.20. The summed E-state index contributed by atoms with van der Waals surface area (Å²) in [5.41, 5.74) is 5.51. The van der Waals surface area contributed by atoms with E-state index in [1.54, 1.807) is 0 Å². The maximum atomic E-state index is 9.80. The maximum Gasteiger partial charge on any atom is 0.157 e. The van der Waals surface area contributed by atoms with Crippen LogP contribution in [0.5, 0.6) is 0 Å². The Bertz CT molecular complexity index is 1270. The van der Waals surface area contributed by atoms with E-state index in [2.05, 4.69) is 17.5 Å². The van der Waals surface area contributed by atoms with Crippen molar-refractivity contribution in [2.45, 2.75) is 19.8 Å². The average molecular weight is 386 g/mol. The summed E-state index contributed by atoms with van der Waals surface area (Å²) in [5.74, 6) is 0.817. The van der Waals surface area contributed by atoms with Crippen LogP contribution in [0, 0.1) is 29.6 Å². The van der Waals surface area contributed by atoms with Gasteiger partial charge in [-0.15, -0.1) is 0 Å². The van der Waals surface area contributed by atoms with E-state index in [1.165, 1.54) is 0 Å². The van der Waals surface area contributed by atoms with Crippen LogP contribution < -0.4 is 5.32 Å². The van der Waals surface area contributed by atoms with Crippen LogP contribution in [0.25, 0.3) is 16.7 Å². The molecular weight excluding hydrogens is 370 g/mol. The van der Waals surface area contributed by atoms with E-state index in [4.69, 9.17) is 21.8 Å². The largest absolute Gasteiger partial charge is 0.341 e. The Hall–Kier alpha value is -3.54. The van der Waals surface area contributed by atoms with Gasteiger partial charge in [-0.3, -0.25) is 4.40 Å². The van der Waals surface area contributed by atoms with Gasteiger partial charge in [0.2, 0.25) is 0 Å². The molecule has 2 heterocycles. The summed E-state index contributed by atoms with van der Waals surface area (Å²) in [4.78, 5) is 4.70. The Morgan fingerprint density at radius 1 is 1.11 bits per heavy atom. The van der Waals surface area contributed by atoms with Crippen molar-refractivity contribution in [1.82, 2.24) is 9.38 Å². The number of imidazole rings is 1. The smallest absolute Gasteiger partial charge is 0.157 e. The number of nitrogens with zero attached hydrogens (tertiary/aromatic N) is 4. The SMILES string of the molecule is Cc1c(CCC#N)c(Nc2ccc(Cl)cc2)n2c(nc3ccccc32)c1C#N. The van der Waals surface area contributed by atoms with Crippen molar-refractivity contribution in [3.05, 3.63) is 70.2 Å². The van der Waals surface area contributed by atoms with Crippen molar-refractivity contribution in [3.8, 4) is 12.1 Å². The number of nitriles is 2. The number of nitrogens with one attached hydrogen (secondary N) is 1. The van der Waals surface area contributed by atoms with Gasteiger partial charge in [-0.2, -0.15) is 10.5 Å². The van der Waals surface area contributed by atoms with E-state index in [-0.39, 0.29) is 0 Å². The van der Waals surface area contributed by atoms with E-state index >= 15 is 0 Å². The molecule has 0 saturated carbocycles. The van der Waals surface area contributed by atoms with Crippen LogP contribution in [-0.2, 0) is 6.42 Å². The van der Waals surface area contributed by atoms with Crippen LogP contribution in [0.1, 0.15) is 23.1 Å². The summed E-state index contributed by atoms with van der Waals surface area (Å²) in [6.45, 7) is 1.91. The van der Waals surface area contributed by atoms with E-state index in [1.807, 2.05) is 59.9 Å². The second-order valence-corrected chi connectivity index (χ2v) is 6.92. The van der Waals surface area contributed by atoms with Crippen molar-refractivity contribution in [2.75, 3.05) is 5.32 Å². The van der Waals surface area contributed by atoms with Gasteiger partial charge in [0.15, 0.2) is 5.65 Å². The summed E-state index contributed by atoms with van der Waals surface area (Å²) in [7, 11) is 0. The molecule has 1 N–H and O–H groups in total. The molecular formula is C22H16ClN5. The molecule has 0 spiro atoms. The van der Waals surface area contributed by atoms with E-state index < -0.39 is 0 Å². The highest BCUT2D eigenvalue weighted by atomic mass is 35.5. The zero-order chi connectivity index (χ0) is 19.7. The average Bonchev–Trinajstić information content (AvgIpc) is 3.08. The van der Waals surface area contributed by atoms with E-state index in [0.717, 1.165) is 33.7 Å². The lowest BCUT2D eigenvalue weighted by Gasteiger charge is -2.18. The van der Waals surface area contributed by atoms with Crippen molar-refractivity contribution in [2.24, 2.45) is 0 Å². The number of benzene rings is 2. The lowest BCUT2D eigenvalue weighted by atomic mass is 10.0. The molecule has 0 aliphatic heterocycles. The minimum absolute atomic E-state index is 0.360. The Morgan fingerprint density at radius 3 is 2.57 bits per heavy atom. The zero-order valence-corrected chi connectivity index (χ0v) is 16.0. The maximum absolute atomic E-state index is 9.80. The quantitative estimate of drug-likeness (QED) is 0.501. The molecule has 4 aromatic rings. The molecule has 4 rings (SSSR count). The molecule has 0 bridgehead atoms.